The molecular weight excluding hydrogens is 423 g/mol. The monoisotopic (exact) mass is 438 g/mol. The van der Waals surface area contributed by atoms with Crippen molar-refractivity contribution in [2.75, 3.05) is 0 Å². The van der Waals surface area contributed by atoms with E-state index in [0.717, 1.165) is 11.1 Å². The van der Waals surface area contributed by atoms with Crippen LogP contribution in [0.3, 0.4) is 0 Å². The zero-order valence-electron chi connectivity index (χ0n) is 14.8. The van der Waals surface area contributed by atoms with Crippen LogP contribution in [0.1, 0.15) is 21.5 Å². The van der Waals surface area contributed by atoms with Gasteiger partial charge in [-0.05, 0) is 30.7 Å². The molecule has 0 bridgehead atoms. The van der Waals surface area contributed by atoms with E-state index in [4.69, 9.17) is 34.7 Å². The van der Waals surface area contributed by atoms with Crippen molar-refractivity contribution in [1.29, 1.82) is 0 Å². The lowest BCUT2D eigenvalue weighted by atomic mass is 10.0. The SMILES string of the molecule is Cc1ccc2c(=O)n(Cc3ccc(Cl)c(Cl)c3)cc(C(=O)N=C(N)N)c2c1.Cl. The maximum Gasteiger partial charge on any atom is 0.282 e. The molecule has 3 aromatic rings. The van der Waals surface area contributed by atoms with Gasteiger partial charge in [0, 0.05) is 17.0 Å². The second-order valence-electron chi connectivity index (χ2n) is 6.12. The summed E-state index contributed by atoms with van der Waals surface area (Å²) in [5.41, 5.74) is 12.3. The van der Waals surface area contributed by atoms with Gasteiger partial charge in [-0.2, -0.15) is 4.99 Å². The van der Waals surface area contributed by atoms with Crippen LogP contribution in [-0.2, 0) is 6.54 Å². The molecule has 0 aliphatic heterocycles. The highest BCUT2D eigenvalue weighted by Crippen LogP contribution is 2.24. The summed E-state index contributed by atoms with van der Waals surface area (Å²) in [5, 5.41) is 1.71. The summed E-state index contributed by atoms with van der Waals surface area (Å²) in [6, 6.07) is 10.3. The van der Waals surface area contributed by atoms with Gasteiger partial charge in [-0.25, -0.2) is 0 Å². The number of guanidine groups is 1. The highest BCUT2D eigenvalue weighted by molar-refractivity contribution is 6.42. The number of hydrogen-bond donors (Lipinski definition) is 2. The molecule has 2 aromatic carbocycles. The third-order valence-corrected chi connectivity index (χ3v) is 4.78. The van der Waals surface area contributed by atoms with Crippen LogP contribution in [0.15, 0.2) is 52.4 Å². The van der Waals surface area contributed by atoms with E-state index >= 15 is 0 Å². The Labute approximate surface area is 177 Å². The molecule has 28 heavy (non-hydrogen) atoms. The van der Waals surface area contributed by atoms with Crippen LogP contribution in [0.5, 0.6) is 0 Å². The molecule has 0 aliphatic rings. The standard InChI is InChI=1S/C19H16Cl2N4O2.ClH/c1-10-2-4-12-13(6-10)14(17(26)24-19(22)23)9-25(18(12)27)8-11-3-5-15(20)16(21)7-11;/h2-7,9H,8H2,1H3,(H4,22,23,24,26);1H. The van der Waals surface area contributed by atoms with Crippen LogP contribution in [0, 0.1) is 6.92 Å². The van der Waals surface area contributed by atoms with Crippen molar-refractivity contribution in [2.24, 2.45) is 16.5 Å². The largest absolute Gasteiger partial charge is 0.370 e. The molecule has 0 aliphatic carbocycles. The van der Waals surface area contributed by atoms with Crippen molar-refractivity contribution in [3.63, 3.8) is 0 Å². The molecule has 0 fully saturated rings. The van der Waals surface area contributed by atoms with E-state index < -0.39 is 5.91 Å². The number of aromatic nitrogens is 1. The predicted octanol–water partition coefficient (Wildman–Crippen LogP) is 3.50. The summed E-state index contributed by atoms with van der Waals surface area (Å²) >= 11 is 12.0. The fraction of sp³-hybridized carbons (Fsp3) is 0.105. The average Bonchev–Trinajstić information content (AvgIpc) is 2.59. The number of nitrogens with two attached hydrogens (primary N) is 2. The Morgan fingerprint density at radius 1 is 1.07 bits per heavy atom. The van der Waals surface area contributed by atoms with Gasteiger partial charge in [0.05, 0.1) is 22.2 Å². The number of carbonyl (C=O) groups excluding carboxylic acids is 1. The third kappa shape index (κ3) is 4.47. The van der Waals surface area contributed by atoms with E-state index in [1.54, 1.807) is 30.3 Å². The van der Waals surface area contributed by atoms with E-state index in [1.165, 1.54) is 10.8 Å². The zero-order chi connectivity index (χ0) is 19.7. The van der Waals surface area contributed by atoms with Crippen LogP contribution in [0.25, 0.3) is 10.8 Å². The molecule has 1 amide bonds. The molecule has 1 aromatic heterocycles. The van der Waals surface area contributed by atoms with Gasteiger partial charge in [-0.1, -0.05) is 47.0 Å². The van der Waals surface area contributed by atoms with E-state index in [9.17, 15) is 9.59 Å². The zero-order valence-corrected chi connectivity index (χ0v) is 17.1. The van der Waals surface area contributed by atoms with Gasteiger partial charge >= 0.3 is 0 Å². The first-order valence-electron chi connectivity index (χ1n) is 7.98. The number of aryl methyl sites for hydroxylation is 1. The molecule has 3 rings (SSSR count). The first kappa shape index (κ1) is 21.8. The number of nitrogens with zero attached hydrogens (tertiary/aromatic N) is 2. The quantitative estimate of drug-likeness (QED) is 0.481. The molecule has 0 radical (unpaired) electrons. The number of aliphatic imine (C=N–C) groups is 1. The second kappa shape index (κ2) is 8.65. The highest BCUT2D eigenvalue weighted by Gasteiger charge is 2.15. The lowest BCUT2D eigenvalue weighted by Gasteiger charge is -2.12. The van der Waals surface area contributed by atoms with E-state index in [-0.39, 0.29) is 36.0 Å². The fourth-order valence-corrected chi connectivity index (χ4v) is 3.13. The number of pyridine rings is 1. The molecule has 6 nitrogen and oxygen atoms in total. The smallest absolute Gasteiger partial charge is 0.282 e. The van der Waals surface area contributed by atoms with Gasteiger partial charge in [0.25, 0.3) is 11.5 Å². The molecule has 146 valence electrons. The van der Waals surface area contributed by atoms with Crippen molar-refractivity contribution < 1.29 is 4.79 Å². The Balaban J connectivity index is 0.00000280. The molecular formula is C19H17Cl3N4O2. The molecule has 4 N–H and O–H groups in total. The molecule has 0 unspecified atom stereocenters. The predicted molar refractivity (Wildman–Crippen MR) is 116 cm³/mol. The van der Waals surface area contributed by atoms with Gasteiger partial charge in [0.15, 0.2) is 5.96 Å². The van der Waals surface area contributed by atoms with Crippen LogP contribution in [0.4, 0.5) is 0 Å². The van der Waals surface area contributed by atoms with Crippen molar-refractivity contribution in [1.82, 2.24) is 4.57 Å². The number of halogens is 3. The van der Waals surface area contributed by atoms with Gasteiger partial charge < -0.3 is 16.0 Å². The molecule has 0 spiro atoms. The van der Waals surface area contributed by atoms with E-state index in [2.05, 4.69) is 4.99 Å². The minimum atomic E-state index is -0.617. The fourth-order valence-electron chi connectivity index (χ4n) is 2.81. The Bertz CT molecular complexity index is 1150. The Morgan fingerprint density at radius 2 is 1.79 bits per heavy atom. The Morgan fingerprint density at radius 3 is 2.43 bits per heavy atom. The molecule has 0 saturated heterocycles. The summed E-state index contributed by atoms with van der Waals surface area (Å²) in [7, 11) is 0. The van der Waals surface area contributed by atoms with Crippen LogP contribution >= 0.6 is 35.6 Å². The maximum absolute atomic E-state index is 12.9. The summed E-state index contributed by atoms with van der Waals surface area (Å²) in [6.45, 7) is 2.08. The topological polar surface area (TPSA) is 103 Å². The summed E-state index contributed by atoms with van der Waals surface area (Å²) in [5.74, 6) is -0.962. The first-order valence-corrected chi connectivity index (χ1v) is 8.73. The van der Waals surface area contributed by atoms with Gasteiger partial charge in [0.2, 0.25) is 0 Å². The Kier molecular flexibility index (Phi) is 6.72. The number of hydrogen-bond acceptors (Lipinski definition) is 2. The van der Waals surface area contributed by atoms with Crippen LogP contribution in [-0.4, -0.2) is 16.4 Å². The maximum atomic E-state index is 12.9. The molecule has 9 heteroatoms. The summed E-state index contributed by atoms with van der Waals surface area (Å²) in [4.78, 5) is 29.0. The number of carbonyl (C=O) groups is 1. The van der Waals surface area contributed by atoms with Gasteiger partial charge in [-0.15, -0.1) is 12.4 Å². The van der Waals surface area contributed by atoms with Crippen LogP contribution < -0.4 is 17.0 Å². The van der Waals surface area contributed by atoms with Gasteiger partial charge in [-0.3, -0.25) is 9.59 Å². The van der Waals surface area contributed by atoms with E-state index in [0.29, 0.717) is 20.8 Å². The minimum absolute atomic E-state index is 0. The van der Waals surface area contributed by atoms with Gasteiger partial charge in [0.1, 0.15) is 0 Å². The first-order chi connectivity index (χ1) is 12.8. The lowest BCUT2D eigenvalue weighted by Crippen LogP contribution is -2.26. The van der Waals surface area contributed by atoms with Crippen molar-refractivity contribution in [3.8, 4) is 0 Å². The summed E-state index contributed by atoms with van der Waals surface area (Å²) in [6.07, 6.45) is 1.46. The second-order valence-corrected chi connectivity index (χ2v) is 6.93. The minimum Gasteiger partial charge on any atom is -0.370 e. The normalized spacial score (nSPS) is 10.4. The van der Waals surface area contributed by atoms with Crippen molar-refractivity contribution >= 4 is 58.2 Å². The lowest BCUT2D eigenvalue weighted by molar-refractivity contribution is 0.100. The highest BCUT2D eigenvalue weighted by atomic mass is 35.5. The Hall–Kier alpha value is -2.54. The number of fused-ring (bicyclic) bond motifs is 1. The number of amides is 1. The third-order valence-electron chi connectivity index (χ3n) is 4.04. The average molecular weight is 440 g/mol. The van der Waals surface area contributed by atoms with E-state index in [1.807, 2.05) is 13.0 Å². The summed E-state index contributed by atoms with van der Waals surface area (Å²) < 4.78 is 1.42. The molecule has 1 heterocycles. The number of benzene rings is 2. The van der Waals surface area contributed by atoms with Crippen LogP contribution in [0.2, 0.25) is 10.0 Å². The van der Waals surface area contributed by atoms with Crippen molar-refractivity contribution in [2.45, 2.75) is 13.5 Å². The molecule has 0 saturated carbocycles. The number of rotatable bonds is 3. The van der Waals surface area contributed by atoms with Crippen molar-refractivity contribution in [3.05, 3.63) is 79.7 Å². The molecule has 0 atom stereocenters.